The van der Waals surface area contributed by atoms with Crippen LogP contribution >= 0.6 is 0 Å². The number of benzene rings is 9. The average Bonchev–Trinajstić information content (AvgIpc) is 1.53. The Labute approximate surface area is 707 Å². The molecular formula is C99H89F6N9O9. The van der Waals surface area contributed by atoms with Gasteiger partial charge >= 0.3 is 0 Å². The molecule has 0 saturated carbocycles. The first-order valence-corrected chi connectivity index (χ1v) is 39.9. The quantitative estimate of drug-likeness (QED) is 0.0894. The molecule has 0 radical (unpaired) electrons. The van der Waals surface area contributed by atoms with Crippen molar-refractivity contribution in [1.82, 2.24) is 28.7 Å². The predicted octanol–water partition coefficient (Wildman–Crippen LogP) is 16.6. The van der Waals surface area contributed by atoms with E-state index < -0.39 is 67.8 Å². The lowest BCUT2D eigenvalue weighted by atomic mass is 9.81. The van der Waals surface area contributed by atoms with Gasteiger partial charge in [-0.05, 0) is 148 Å². The maximum atomic E-state index is 15.3. The van der Waals surface area contributed by atoms with Crippen molar-refractivity contribution in [2.24, 2.45) is 5.92 Å². The van der Waals surface area contributed by atoms with E-state index in [2.05, 4.69) is 6.07 Å². The Hall–Kier alpha value is -13.9. The number of nitrogens with zero attached hydrogens (tertiary/aromatic N) is 9. The fourth-order valence-corrected chi connectivity index (χ4v) is 19.7. The second-order valence-corrected chi connectivity index (χ2v) is 31.0. The van der Waals surface area contributed by atoms with Gasteiger partial charge in [-0.2, -0.15) is 0 Å². The van der Waals surface area contributed by atoms with Crippen LogP contribution in [0, 0.1) is 40.8 Å². The first-order chi connectivity index (χ1) is 58.3. The minimum atomic E-state index is -1.02. The molecule has 3 aromatic heterocycles. The zero-order valence-electron chi connectivity index (χ0n) is 65.4. The van der Waals surface area contributed by atoms with Gasteiger partial charge in [0.15, 0.2) is 69.2 Å². The largest absolute Gasteiger partial charge is 0.482 e. The summed E-state index contributed by atoms with van der Waals surface area (Å²) in [6.45, 7) is 7.62. The van der Waals surface area contributed by atoms with Crippen molar-refractivity contribution in [2.45, 2.75) is 105 Å². The van der Waals surface area contributed by atoms with Crippen molar-refractivity contribution in [3.63, 3.8) is 0 Å². The monoisotopic (exact) mass is 1660 g/mol. The standard InChI is InChI=1S/C32H27F2N3O3.2C32H25F2N3O3.3CH4/c3*1-2-35-19-37(36-15-14-27(38)30(29(36)31(35)39)40-18-20-8-4-3-5-9-20)32-22(16-21-10-6-7-11-24(21)32)17-23-25(32)12-13-26(33)28(23)34;;;/h3-15,22H,2,16-19H2,1H3;3-15,17H,2,16,18-19H2,1H3;3-16H,2,17-19H2,1H3;3*1H4. The average molecular weight is 1660 g/mol. The van der Waals surface area contributed by atoms with E-state index in [0.717, 1.165) is 73.4 Å². The number of fused-ring (bicyclic) bond motifs is 18. The van der Waals surface area contributed by atoms with Crippen molar-refractivity contribution in [3.8, 4) is 17.2 Å². The molecule has 3 amide bonds. The number of halogens is 6. The lowest BCUT2D eigenvalue weighted by Crippen LogP contribution is -2.63. The van der Waals surface area contributed by atoms with Crippen molar-refractivity contribution in [2.75, 3.05) is 54.7 Å². The van der Waals surface area contributed by atoms with Crippen LogP contribution in [0.3, 0.4) is 0 Å². The molecule has 18 nitrogen and oxygen atoms in total. The van der Waals surface area contributed by atoms with Crippen molar-refractivity contribution < 1.29 is 54.9 Å². The highest BCUT2D eigenvalue weighted by atomic mass is 19.2. The topological polar surface area (TPSA) is 164 Å². The van der Waals surface area contributed by atoms with E-state index in [-0.39, 0.29) is 132 Å². The number of carbonyl (C=O) groups excluding carboxylic acids is 3. The van der Waals surface area contributed by atoms with E-state index >= 15 is 13.2 Å². The minimum Gasteiger partial charge on any atom is -0.482 e. The number of rotatable bonds is 15. The smallest absolute Gasteiger partial charge is 0.277 e. The molecule has 4 unspecified atom stereocenters. The molecule has 123 heavy (non-hydrogen) atoms. The zero-order chi connectivity index (χ0) is 82.8. The molecule has 6 aliphatic carbocycles. The zero-order valence-corrected chi connectivity index (χ0v) is 65.4. The van der Waals surface area contributed by atoms with Crippen LogP contribution in [0.4, 0.5) is 26.3 Å². The summed E-state index contributed by atoms with van der Waals surface area (Å²) in [4.78, 5) is 85.8. The molecule has 0 N–H and O–H groups in total. The number of hydrogen-bond acceptors (Lipinski definition) is 12. The molecule has 24 heteroatoms. The SMILES string of the molecule is C.C.C.CCN1CN(C23C(=Cc4c2ccc(F)c4F)Cc2ccccc23)n2ccc(=O)c(OCc3ccccc3)c2C1=O.CCN1CN(C23C(=Cc4ccccc42)Cc2c3ccc(F)c2F)n2ccc(=O)c(OCc3ccccc3)c2C1=O.CCN1CN(C23c4ccccc4CC2Cc2c3ccc(F)c2F)n2ccc(=O)c(OCc3ccccc3)c2C1=O. The summed E-state index contributed by atoms with van der Waals surface area (Å²) in [5.41, 5.74) is 9.25. The van der Waals surface area contributed by atoms with E-state index in [1.807, 2.05) is 200 Å². The third-order valence-electron chi connectivity index (χ3n) is 25.0. The molecule has 0 bridgehead atoms. The highest BCUT2D eigenvalue weighted by Crippen LogP contribution is 2.60. The van der Waals surface area contributed by atoms with Crippen LogP contribution in [0.1, 0.15) is 158 Å². The van der Waals surface area contributed by atoms with Gasteiger partial charge in [-0.25, -0.2) is 26.3 Å². The molecule has 626 valence electrons. The van der Waals surface area contributed by atoms with E-state index in [0.29, 0.717) is 66.7 Å². The molecule has 0 spiro atoms. The van der Waals surface area contributed by atoms with Gasteiger partial charge in [0.05, 0.1) is 0 Å². The van der Waals surface area contributed by atoms with Gasteiger partial charge in [0.1, 0.15) is 56.4 Å². The van der Waals surface area contributed by atoms with E-state index in [9.17, 15) is 41.9 Å². The number of ether oxygens (including phenoxy) is 3. The third-order valence-corrected chi connectivity index (χ3v) is 25.0. The van der Waals surface area contributed by atoms with Crippen LogP contribution in [0.2, 0.25) is 0 Å². The lowest BCUT2D eigenvalue weighted by Gasteiger charge is -2.50. The van der Waals surface area contributed by atoms with Gasteiger partial charge < -0.3 is 28.9 Å². The molecule has 6 heterocycles. The number of amides is 3. The molecule has 0 saturated heterocycles. The first kappa shape index (κ1) is 82.8. The summed E-state index contributed by atoms with van der Waals surface area (Å²) in [6, 6.07) is 64.7. The molecule has 9 aromatic carbocycles. The molecule has 3 aliphatic heterocycles. The second kappa shape index (κ2) is 32.2. The van der Waals surface area contributed by atoms with E-state index in [1.165, 1.54) is 24.3 Å². The van der Waals surface area contributed by atoms with Gasteiger partial charge in [-0.1, -0.05) is 210 Å². The van der Waals surface area contributed by atoms with Crippen LogP contribution in [-0.2, 0) is 62.1 Å². The van der Waals surface area contributed by atoms with Gasteiger partial charge in [0, 0.05) is 79.9 Å². The highest BCUT2D eigenvalue weighted by Gasteiger charge is 2.61. The maximum Gasteiger partial charge on any atom is 0.277 e. The van der Waals surface area contributed by atoms with E-state index in [4.69, 9.17) is 14.2 Å². The van der Waals surface area contributed by atoms with Crippen LogP contribution in [0.15, 0.2) is 263 Å². The predicted molar refractivity (Wildman–Crippen MR) is 459 cm³/mol. The van der Waals surface area contributed by atoms with Crippen LogP contribution in [0.5, 0.6) is 17.2 Å². The molecule has 0 fully saturated rings. The normalized spacial score (nSPS) is 18.9. The minimum absolute atomic E-state index is 0. The van der Waals surface area contributed by atoms with Gasteiger partial charge in [0.2, 0.25) is 16.3 Å². The number of hydrogen-bond donors (Lipinski definition) is 0. The summed E-state index contributed by atoms with van der Waals surface area (Å²) >= 11 is 0. The molecule has 9 aliphatic rings. The second-order valence-electron chi connectivity index (χ2n) is 31.0. The Morgan fingerprint density at radius 3 is 1.24 bits per heavy atom. The number of carbonyl (C=O) groups is 3. The maximum absolute atomic E-state index is 15.3. The molecular weight excluding hydrogens is 1570 g/mol. The van der Waals surface area contributed by atoms with Crippen molar-refractivity contribution in [3.05, 3.63) is 414 Å². The summed E-state index contributed by atoms with van der Waals surface area (Å²) in [6.07, 6.45) is 10.3. The van der Waals surface area contributed by atoms with Crippen LogP contribution < -0.4 is 45.5 Å². The number of pyridine rings is 3. The summed E-state index contributed by atoms with van der Waals surface area (Å²) in [5, 5.41) is 5.99. The van der Waals surface area contributed by atoms with Crippen molar-refractivity contribution >= 4 is 29.9 Å². The first-order valence-electron chi connectivity index (χ1n) is 39.9. The molecule has 12 aromatic rings. The third kappa shape index (κ3) is 12.7. The van der Waals surface area contributed by atoms with Gasteiger partial charge in [-0.15, -0.1) is 0 Å². The van der Waals surface area contributed by atoms with Crippen LogP contribution in [0.25, 0.3) is 12.2 Å². The molecule has 4 atom stereocenters. The summed E-state index contributed by atoms with van der Waals surface area (Å²) in [5.74, 6) is -6.48. The van der Waals surface area contributed by atoms with E-state index in [1.54, 1.807) is 71.6 Å². The Morgan fingerprint density at radius 1 is 0.358 bits per heavy atom. The Bertz CT molecular complexity index is 6370. The lowest BCUT2D eigenvalue weighted by molar-refractivity contribution is 0.0651. The highest BCUT2D eigenvalue weighted by molar-refractivity contribution is 5.98. The van der Waals surface area contributed by atoms with Gasteiger partial charge in [0.25, 0.3) is 17.7 Å². The fraction of sp³-hybridized carbons (Fsp3) is 0.232. The summed E-state index contributed by atoms with van der Waals surface area (Å²) < 4.78 is 112. The van der Waals surface area contributed by atoms with Crippen LogP contribution in [-0.4, -0.2) is 86.1 Å². The Morgan fingerprint density at radius 2 is 0.748 bits per heavy atom. The Kier molecular flexibility index (Phi) is 21.7. The Balaban J connectivity index is 0.000000135. The fourth-order valence-electron chi connectivity index (χ4n) is 19.7. The molecule has 21 rings (SSSR count). The van der Waals surface area contributed by atoms with Crippen molar-refractivity contribution in [1.29, 1.82) is 0 Å². The van der Waals surface area contributed by atoms with Gasteiger partial charge in [-0.3, -0.25) is 57.8 Å². The number of aromatic nitrogens is 3. The summed E-state index contributed by atoms with van der Waals surface area (Å²) in [7, 11) is 0.